The molecule has 0 bridgehead atoms. The molecule has 0 radical (unpaired) electrons. The van der Waals surface area contributed by atoms with Gasteiger partial charge in [0, 0.05) is 61.9 Å². The molecule has 1 fully saturated rings. The molecule has 0 aromatic carbocycles. The molecular weight excluding hydrogens is 366 g/mol. The Bertz CT molecular complexity index is 1160. The summed E-state index contributed by atoms with van der Waals surface area (Å²) in [7, 11) is 0. The maximum Gasteiger partial charge on any atom is 0.253 e. The van der Waals surface area contributed by atoms with E-state index in [0.717, 1.165) is 29.9 Å². The van der Waals surface area contributed by atoms with E-state index in [-0.39, 0.29) is 11.9 Å². The van der Waals surface area contributed by atoms with Gasteiger partial charge in [0.05, 0.1) is 11.3 Å². The van der Waals surface area contributed by atoms with Crippen LogP contribution in [-0.4, -0.2) is 49.4 Å². The number of imidazole rings is 1. The third-order valence-electron chi connectivity index (χ3n) is 5.06. The lowest BCUT2D eigenvalue weighted by molar-refractivity contribution is 0.0940. The molecule has 1 saturated heterocycles. The number of nitrogens with one attached hydrogen (secondary N) is 1. The van der Waals surface area contributed by atoms with Gasteiger partial charge in [-0.2, -0.15) is 0 Å². The van der Waals surface area contributed by atoms with Crippen molar-refractivity contribution in [2.75, 3.05) is 18.0 Å². The fraction of sp³-hybridized carbons (Fsp3) is 0.190. The van der Waals surface area contributed by atoms with Crippen molar-refractivity contribution < 1.29 is 4.79 Å². The molecule has 1 atom stereocenters. The van der Waals surface area contributed by atoms with Crippen molar-refractivity contribution in [1.82, 2.24) is 29.7 Å². The van der Waals surface area contributed by atoms with Crippen molar-refractivity contribution in [3.63, 3.8) is 0 Å². The highest BCUT2D eigenvalue weighted by Crippen LogP contribution is 2.21. The zero-order valence-electron chi connectivity index (χ0n) is 15.6. The molecule has 29 heavy (non-hydrogen) atoms. The Hall–Kier alpha value is -3.81. The summed E-state index contributed by atoms with van der Waals surface area (Å²) < 4.78 is 1.84. The Morgan fingerprint density at radius 3 is 2.97 bits per heavy atom. The summed E-state index contributed by atoms with van der Waals surface area (Å²) in [5.41, 5.74) is 3.22. The van der Waals surface area contributed by atoms with Crippen LogP contribution in [0, 0.1) is 0 Å². The standard InChI is InChI=1S/C21H19N7O/c29-20(16-3-4-19-23-9-11-27(19)13-16)25-17-6-10-28(14-17)21-24-8-5-18(26-21)15-2-1-7-22-12-15/h1-5,7-9,11-13,17H,6,10,14H2,(H,25,29). The molecule has 5 rings (SSSR count). The Kier molecular flexibility index (Phi) is 4.36. The molecule has 1 N–H and O–H groups in total. The van der Waals surface area contributed by atoms with E-state index in [0.29, 0.717) is 18.1 Å². The third-order valence-corrected chi connectivity index (χ3v) is 5.06. The van der Waals surface area contributed by atoms with E-state index in [1.165, 1.54) is 0 Å². The molecule has 1 amide bonds. The van der Waals surface area contributed by atoms with Crippen molar-refractivity contribution in [2.24, 2.45) is 0 Å². The second-order valence-corrected chi connectivity index (χ2v) is 7.00. The van der Waals surface area contributed by atoms with Crippen LogP contribution in [0.25, 0.3) is 16.9 Å². The van der Waals surface area contributed by atoms with Gasteiger partial charge in [0.1, 0.15) is 5.65 Å². The van der Waals surface area contributed by atoms with Gasteiger partial charge in [-0.15, -0.1) is 0 Å². The van der Waals surface area contributed by atoms with Crippen LogP contribution in [0.1, 0.15) is 16.8 Å². The Balaban J connectivity index is 1.27. The van der Waals surface area contributed by atoms with E-state index >= 15 is 0 Å². The Morgan fingerprint density at radius 2 is 2.07 bits per heavy atom. The number of amides is 1. The predicted molar refractivity (Wildman–Crippen MR) is 109 cm³/mol. The number of carbonyl (C=O) groups is 1. The van der Waals surface area contributed by atoms with Gasteiger partial charge in [-0.1, -0.05) is 0 Å². The lowest BCUT2D eigenvalue weighted by atomic mass is 10.2. The molecule has 0 spiro atoms. The van der Waals surface area contributed by atoms with Crippen LogP contribution in [0.3, 0.4) is 0 Å². The number of nitrogens with zero attached hydrogens (tertiary/aromatic N) is 6. The molecule has 0 aliphatic carbocycles. The molecular formula is C21H19N7O. The van der Waals surface area contributed by atoms with Gasteiger partial charge in [-0.25, -0.2) is 15.0 Å². The highest BCUT2D eigenvalue weighted by molar-refractivity contribution is 5.94. The average molecular weight is 385 g/mol. The van der Waals surface area contributed by atoms with Crippen LogP contribution >= 0.6 is 0 Å². The number of rotatable bonds is 4. The predicted octanol–water partition coefficient (Wildman–Crippen LogP) is 2.19. The molecule has 8 heteroatoms. The molecule has 1 aliphatic heterocycles. The van der Waals surface area contributed by atoms with Gasteiger partial charge in [0.25, 0.3) is 5.91 Å². The molecule has 1 unspecified atom stereocenters. The van der Waals surface area contributed by atoms with Crippen molar-refractivity contribution in [1.29, 1.82) is 0 Å². The summed E-state index contributed by atoms with van der Waals surface area (Å²) in [4.78, 5) is 32.2. The van der Waals surface area contributed by atoms with Gasteiger partial charge in [-0.3, -0.25) is 9.78 Å². The van der Waals surface area contributed by atoms with Crippen LogP contribution in [0.5, 0.6) is 0 Å². The van der Waals surface area contributed by atoms with Crippen LogP contribution < -0.4 is 10.2 Å². The van der Waals surface area contributed by atoms with Gasteiger partial charge >= 0.3 is 0 Å². The number of aromatic nitrogens is 5. The summed E-state index contributed by atoms with van der Waals surface area (Å²) in [5, 5.41) is 3.12. The maximum atomic E-state index is 12.6. The maximum absolute atomic E-state index is 12.6. The van der Waals surface area contributed by atoms with Crippen molar-refractivity contribution in [3.8, 4) is 11.3 Å². The number of fused-ring (bicyclic) bond motifs is 1. The first kappa shape index (κ1) is 17.3. The minimum absolute atomic E-state index is 0.0478. The zero-order valence-corrected chi connectivity index (χ0v) is 15.6. The van der Waals surface area contributed by atoms with Crippen LogP contribution in [0.15, 0.2) is 67.5 Å². The number of hydrogen-bond donors (Lipinski definition) is 1. The lowest BCUT2D eigenvalue weighted by Crippen LogP contribution is -2.37. The van der Waals surface area contributed by atoms with Crippen molar-refractivity contribution in [2.45, 2.75) is 12.5 Å². The zero-order chi connectivity index (χ0) is 19.6. The van der Waals surface area contributed by atoms with E-state index in [1.54, 1.807) is 37.1 Å². The minimum Gasteiger partial charge on any atom is -0.347 e. The summed E-state index contributed by atoms with van der Waals surface area (Å²) in [6.07, 6.45) is 11.5. The van der Waals surface area contributed by atoms with Gasteiger partial charge in [0.15, 0.2) is 0 Å². The molecule has 5 heterocycles. The summed E-state index contributed by atoms with van der Waals surface area (Å²) in [6.45, 7) is 1.47. The van der Waals surface area contributed by atoms with Crippen LogP contribution in [0.4, 0.5) is 5.95 Å². The molecule has 4 aromatic rings. The molecule has 4 aromatic heterocycles. The average Bonchev–Trinajstić information content (AvgIpc) is 3.43. The first-order valence-corrected chi connectivity index (χ1v) is 9.48. The Morgan fingerprint density at radius 1 is 1.10 bits per heavy atom. The van der Waals surface area contributed by atoms with Gasteiger partial charge < -0.3 is 14.6 Å². The minimum atomic E-state index is -0.0857. The molecule has 144 valence electrons. The second-order valence-electron chi connectivity index (χ2n) is 7.00. The highest BCUT2D eigenvalue weighted by Gasteiger charge is 2.26. The first-order chi connectivity index (χ1) is 14.3. The number of anilines is 1. The third kappa shape index (κ3) is 3.52. The Labute approximate surface area is 167 Å². The summed E-state index contributed by atoms with van der Waals surface area (Å²) in [6, 6.07) is 9.43. The number of hydrogen-bond acceptors (Lipinski definition) is 6. The van der Waals surface area contributed by atoms with E-state index in [9.17, 15) is 4.79 Å². The quantitative estimate of drug-likeness (QED) is 0.579. The summed E-state index contributed by atoms with van der Waals surface area (Å²) >= 11 is 0. The van der Waals surface area contributed by atoms with Gasteiger partial charge in [0.2, 0.25) is 5.95 Å². The first-order valence-electron chi connectivity index (χ1n) is 9.48. The van der Waals surface area contributed by atoms with E-state index < -0.39 is 0 Å². The monoisotopic (exact) mass is 385 g/mol. The molecule has 8 nitrogen and oxygen atoms in total. The topological polar surface area (TPSA) is 88.3 Å². The second kappa shape index (κ2) is 7.31. The van der Waals surface area contributed by atoms with Crippen LogP contribution in [0.2, 0.25) is 0 Å². The normalized spacial score (nSPS) is 16.3. The van der Waals surface area contributed by atoms with Gasteiger partial charge in [-0.05, 0) is 36.8 Å². The fourth-order valence-electron chi connectivity index (χ4n) is 3.56. The van der Waals surface area contributed by atoms with Crippen molar-refractivity contribution >= 4 is 17.5 Å². The highest BCUT2D eigenvalue weighted by atomic mass is 16.1. The van der Waals surface area contributed by atoms with E-state index in [2.05, 4.69) is 30.2 Å². The van der Waals surface area contributed by atoms with E-state index in [4.69, 9.17) is 0 Å². The summed E-state index contributed by atoms with van der Waals surface area (Å²) in [5.74, 6) is 0.584. The molecule has 1 aliphatic rings. The van der Waals surface area contributed by atoms with E-state index in [1.807, 2.05) is 34.9 Å². The van der Waals surface area contributed by atoms with Crippen LogP contribution in [-0.2, 0) is 0 Å². The number of carbonyl (C=O) groups excluding carboxylic acids is 1. The largest absolute Gasteiger partial charge is 0.347 e. The van der Waals surface area contributed by atoms with Crippen molar-refractivity contribution in [3.05, 3.63) is 73.1 Å². The number of pyridine rings is 2. The SMILES string of the molecule is O=C(NC1CCN(c2nccc(-c3cccnc3)n2)C1)c1ccc2nccn2c1. The fourth-order valence-corrected chi connectivity index (χ4v) is 3.56. The smallest absolute Gasteiger partial charge is 0.253 e. The lowest BCUT2D eigenvalue weighted by Gasteiger charge is -2.17. The molecule has 0 saturated carbocycles.